The lowest BCUT2D eigenvalue weighted by Crippen LogP contribution is -2.21. The van der Waals surface area contributed by atoms with Crippen LogP contribution in [-0.4, -0.2) is 18.5 Å². The molecule has 0 aliphatic rings. The van der Waals surface area contributed by atoms with Crippen molar-refractivity contribution >= 4 is 23.6 Å². The van der Waals surface area contributed by atoms with Crippen LogP contribution < -0.4 is 5.32 Å². The molecule has 0 aliphatic heterocycles. The number of hydrogen-bond acceptors (Lipinski definition) is 3. The van der Waals surface area contributed by atoms with Crippen LogP contribution in [0.5, 0.6) is 0 Å². The SMILES string of the molecule is CCc1cccc(C)c1NC(=O)COC(=O)/C=C/c1cccc(C)c1. The maximum Gasteiger partial charge on any atom is 0.331 e. The van der Waals surface area contributed by atoms with Crippen LogP contribution in [-0.2, 0) is 20.7 Å². The van der Waals surface area contributed by atoms with E-state index in [4.69, 9.17) is 4.74 Å². The van der Waals surface area contributed by atoms with Crippen molar-refractivity contribution in [2.24, 2.45) is 0 Å². The van der Waals surface area contributed by atoms with Crippen LogP contribution in [0.2, 0.25) is 0 Å². The summed E-state index contributed by atoms with van der Waals surface area (Å²) < 4.78 is 5.00. The predicted octanol–water partition coefficient (Wildman–Crippen LogP) is 4.06. The number of anilines is 1. The fourth-order valence-electron chi connectivity index (χ4n) is 2.50. The van der Waals surface area contributed by atoms with E-state index in [9.17, 15) is 9.59 Å². The minimum absolute atomic E-state index is 0.311. The Morgan fingerprint density at radius 2 is 1.88 bits per heavy atom. The molecule has 0 bridgehead atoms. The number of carbonyl (C=O) groups excluding carboxylic acids is 2. The van der Waals surface area contributed by atoms with E-state index < -0.39 is 5.97 Å². The molecule has 2 aromatic rings. The Morgan fingerprint density at radius 3 is 2.60 bits per heavy atom. The summed E-state index contributed by atoms with van der Waals surface area (Å²) in [5.41, 5.74) is 4.85. The van der Waals surface area contributed by atoms with Gasteiger partial charge >= 0.3 is 5.97 Å². The average molecular weight is 337 g/mol. The summed E-state index contributed by atoms with van der Waals surface area (Å²) in [5, 5.41) is 2.83. The molecule has 130 valence electrons. The number of para-hydroxylation sites is 1. The van der Waals surface area contributed by atoms with E-state index in [-0.39, 0.29) is 12.5 Å². The Kier molecular flexibility index (Phi) is 6.52. The van der Waals surface area contributed by atoms with Gasteiger partial charge in [-0.2, -0.15) is 0 Å². The van der Waals surface area contributed by atoms with Crippen molar-refractivity contribution in [3.63, 3.8) is 0 Å². The zero-order valence-electron chi connectivity index (χ0n) is 14.8. The minimum atomic E-state index is -0.544. The molecule has 0 heterocycles. The Morgan fingerprint density at radius 1 is 1.12 bits per heavy atom. The van der Waals surface area contributed by atoms with Gasteiger partial charge in [-0.1, -0.05) is 55.0 Å². The molecule has 0 fully saturated rings. The summed E-state index contributed by atoms with van der Waals surface area (Å²) in [6.45, 7) is 5.64. The van der Waals surface area contributed by atoms with E-state index in [0.29, 0.717) is 0 Å². The minimum Gasteiger partial charge on any atom is -0.452 e. The molecular formula is C21H23NO3. The third kappa shape index (κ3) is 5.60. The van der Waals surface area contributed by atoms with E-state index in [1.165, 1.54) is 6.08 Å². The van der Waals surface area contributed by atoms with E-state index in [1.54, 1.807) is 6.08 Å². The first-order chi connectivity index (χ1) is 12.0. The molecule has 0 atom stereocenters. The van der Waals surface area contributed by atoms with Gasteiger partial charge in [0.2, 0.25) is 0 Å². The highest BCUT2D eigenvalue weighted by Crippen LogP contribution is 2.20. The van der Waals surface area contributed by atoms with Gasteiger partial charge in [0.05, 0.1) is 0 Å². The molecule has 0 aliphatic carbocycles. The summed E-state index contributed by atoms with van der Waals surface area (Å²) in [7, 11) is 0. The number of ether oxygens (including phenoxy) is 1. The Labute approximate surface area is 148 Å². The van der Waals surface area contributed by atoms with Gasteiger partial charge in [-0.15, -0.1) is 0 Å². The fraction of sp³-hybridized carbons (Fsp3) is 0.238. The van der Waals surface area contributed by atoms with Crippen LogP contribution in [0.3, 0.4) is 0 Å². The van der Waals surface area contributed by atoms with Crippen LogP contribution in [0.25, 0.3) is 6.08 Å². The fourth-order valence-corrected chi connectivity index (χ4v) is 2.50. The first-order valence-corrected chi connectivity index (χ1v) is 8.29. The van der Waals surface area contributed by atoms with Crippen LogP contribution in [0.4, 0.5) is 5.69 Å². The van der Waals surface area contributed by atoms with Crippen LogP contribution in [0.1, 0.15) is 29.2 Å². The molecule has 4 heteroatoms. The van der Waals surface area contributed by atoms with Crippen molar-refractivity contribution < 1.29 is 14.3 Å². The second-order valence-corrected chi connectivity index (χ2v) is 5.87. The summed E-state index contributed by atoms with van der Waals surface area (Å²) in [6.07, 6.45) is 3.81. The van der Waals surface area contributed by atoms with Crippen LogP contribution in [0, 0.1) is 13.8 Å². The molecule has 0 saturated carbocycles. The van der Waals surface area contributed by atoms with E-state index >= 15 is 0 Å². The van der Waals surface area contributed by atoms with Crippen LogP contribution >= 0.6 is 0 Å². The molecule has 1 amide bonds. The van der Waals surface area contributed by atoms with Gasteiger partial charge in [-0.3, -0.25) is 4.79 Å². The molecule has 2 aromatic carbocycles. The molecule has 1 N–H and O–H groups in total. The molecule has 0 aromatic heterocycles. The highest BCUT2D eigenvalue weighted by atomic mass is 16.5. The summed E-state index contributed by atoms with van der Waals surface area (Å²) in [4.78, 5) is 23.8. The van der Waals surface area contributed by atoms with Gasteiger partial charge in [0.1, 0.15) is 0 Å². The van der Waals surface area contributed by atoms with Crippen LogP contribution in [0.15, 0.2) is 48.5 Å². The molecule has 0 spiro atoms. The van der Waals surface area contributed by atoms with Crippen molar-refractivity contribution in [1.29, 1.82) is 0 Å². The van der Waals surface area contributed by atoms with Gasteiger partial charge in [-0.25, -0.2) is 4.79 Å². The highest BCUT2D eigenvalue weighted by Gasteiger charge is 2.10. The topological polar surface area (TPSA) is 55.4 Å². The van der Waals surface area contributed by atoms with Crippen molar-refractivity contribution in [2.45, 2.75) is 27.2 Å². The molecule has 2 rings (SSSR count). The van der Waals surface area contributed by atoms with Crippen molar-refractivity contribution in [3.05, 3.63) is 70.8 Å². The number of esters is 1. The normalized spacial score (nSPS) is 10.7. The molecule has 0 radical (unpaired) electrons. The number of benzene rings is 2. The molecular weight excluding hydrogens is 314 g/mol. The Hall–Kier alpha value is -2.88. The maximum atomic E-state index is 12.0. The average Bonchev–Trinajstić information content (AvgIpc) is 2.60. The maximum absolute atomic E-state index is 12.0. The van der Waals surface area contributed by atoms with E-state index in [2.05, 4.69) is 5.32 Å². The summed E-state index contributed by atoms with van der Waals surface area (Å²) in [5.74, 6) is -0.890. The van der Waals surface area contributed by atoms with Crippen molar-refractivity contribution in [1.82, 2.24) is 0 Å². The van der Waals surface area contributed by atoms with Crippen molar-refractivity contribution in [2.75, 3.05) is 11.9 Å². The van der Waals surface area contributed by atoms with Gasteiger partial charge in [0, 0.05) is 11.8 Å². The third-order valence-corrected chi connectivity index (χ3v) is 3.80. The van der Waals surface area contributed by atoms with Gasteiger partial charge in [0.15, 0.2) is 6.61 Å². The number of hydrogen-bond donors (Lipinski definition) is 1. The van der Waals surface area contributed by atoms with Gasteiger partial charge < -0.3 is 10.1 Å². The molecule has 25 heavy (non-hydrogen) atoms. The second-order valence-electron chi connectivity index (χ2n) is 5.87. The highest BCUT2D eigenvalue weighted by molar-refractivity contribution is 5.95. The molecule has 4 nitrogen and oxygen atoms in total. The lowest BCUT2D eigenvalue weighted by Gasteiger charge is -2.12. The van der Waals surface area contributed by atoms with Crippen molar-refractivity contribution in [3.8, 4) is 0 Å². The summed E-state index contributed by atoms with van der Waals surface area (Å²) in [6, 6.07) is 13.6. The van der Waals surface area contributed by atoms with E-state index in [1.807, 2.05) is 63.2 Å². The monoisotopic (exact) mass is 337 g/mol. The first-order valence-electron chi connectivity index (χ1n) is 8.29. The summed E-state index contributed by atoms with van der Waals surface area (Å²) >= 11 is 0. The Bertz CT molecular complexity index is 793. The van der Waals surface area contributed by atoms with Gasteiger partial charge in [0.25, 0.3) is 5.91 Å². The lowest BCUT2D eigenvalue weighted by atomic mass is 10.1. The van der Waals surface area contributed by atoms with E-state index in [0.717, 1.165) is 34.4 Å². The zero-order chi connectivity index (χ0) is 18.2. The largest absolute Gasteiger partial charge is 0.452 e. The predicted molar refractivity (Wildman–Crippen MR) is 100 cm³/mol. The Balaban J connectivity index is 1.89. The number of amides is 1. The lowest BCUT2D eigenvalue weighted by molar-refractivity contribution is -0.142. The standard InChI is InChI=1S/C21H23NO3/c1-4-18-10-6-8-16(3)21(18)22-19(23)14-25-20(24)12-11-17-9-5-7-15(2)13-17/h5-13H,4,14H2,1-3H3,(H,22,23)/b12-11+. The quantitative estimate of drug-likeness (QED) is 0.639. The molecule has 0 unspecified atom stereocenters. The second kappa shape index (κ2) is 8.83. The zero-order valence-corrected chi connectivity index (χ0v) is 14.8. The number of carbonyl (C=O) groups is 2. The van der Waals surface area contributed by atoms with Gasteiger partial charge in [-0.05, 0) is 43.0 Å². The third-order valence-electron chi connectivity index (χ3n) is 3.80. The number of rotatable bonds is 6. The number of nitrogens with one attached hydrogen (secondary N) is 1. The number of aryl methyl sites for hydroxylation is 3. The first kappa shape index (κ1) is 18.5. The smallest absolute Gasteiger partial charge is 0.331 e. The molecule has 0 saturated heterocycles.